The smallest absolute Gasteiger partial charge is 0.306 e. The summed E-state index contributed by atoms with van der Waals surface area (Å²) in [7, 11) is 0. The molecule has 0 rings (SSSR count). The maximum Gasteiger partial charge on any atom is 0.306 e. The van der Waals surface area contributed by atoms with Gasteiger partial charge in [0, 0.05) is 6.42 Å². The van der Waals surface area contributed by atoms with E-state index < -0.39 is 12.4 Å². The van der Waals surface area contributed by atoms with E-state index in [0.717, 1.165) is 32.1 Å². The lowest BCUT2D eigenvalue weighted by Crippen LogP contribution is -2.29. The van der Waals surface area contributed by atoms with Crippen molar-refractivity contribution in [2.24, 2.45) is 0 Å². The monoisotopic (exact) mass is 571 g/mol. The SMILES string of the molecule is CCCCCCCCCCCCCCCCCCCCCC(O)OCC(CO)OC(=O)CCCCCCCCC. The van der Waals surface area contributed by atoms with Gasteiger partial charge in [-0.2, -0.15) is 0 Å². The Morgan fingerprint density at radius 3 is 1.27 bits per heavy atom. The van der Waals surface area contributed by atoms with Crippen molar-refractivity contribution in [2.45, 2.75) is 206 Å². The van der Waals surface area contributed by atoms with Gasteiger partial charge in [0.05, 0.1) is 13.2 Å². The average Bonchev–Trinajstić information content (AvgIpc) is 2.95. The van der Waals surface area contributed by atoms with Crippen molar-refractivity contribution in [1.82, 2.24) is 0 Å². The fourth-order valence-electron chi connectivity index (χ4n) is 5.29. The van der Waals surface area contributed by atoms with E-state index in [2.05, 4.69) is 13.8 Å². The first-order valence-corrected chi connectivity index (χ1v) is 17.7. The normalized spacial score (nSPS) is 13.0. The highest BCUT2D eigenvalue weighted by Crippen LogP contribution is 2.15. The van der Waals surface area contributed by atoms with Gasteiger partial charge in [0.15, 0.2) is 6.29 Å². The molecule has 0 radical (unpaired) electrons. The zero-order valence-electron chi connectivity index (χ0n) is 27.0. The Labute approximate surface area is 249 Å². The Balaban J connectivity index is 3.44. The first-order chi connectivity index (χ1) is 19.6. The van der Waals surface area contributed by atoms with Gasteiger partial charge in [-0.3, -0.25) is 4.79 Å². The number of aliphatic hydroxyl groups is 2. The van der Waals surface area contributed by atoms with Crippen LogP contribution in [-0.2, 0) is 14.3 Å². The summed E-state index contributed by atoms with van der Waals surface area (Å²) in [6, 6.07) is 0. The lowest BCUT2D eigenvalue weighted by molar-refractivity contribution is -0.167. The molecule has 0 aromatic heterocycles. The summed E-state index contributed by atoms with van der Waals surface area (Å²) in [4.78, 5) is 12.0. The maximum absolute atomic E-state index is 12.0. The lowest BCUT2D eigenvalue weighted by Gasteiger charge is -2.18. The summed E-state index contributed by atoms with van der Waals surface area (Å²) >= 11 is 0. The summed E-state index contributed by atoms with van der Waals surface area (Å²) in [6.07, 6.45) is 33.0. The van der Waals surface area contributed by atoms with Crippen molar-refractivity contribution in [3.8, 4) is 0 Å². The Morgan fingerprint density at radius 2 is 0.900 bits per heavy atom. The molecular formula is C35H70O5. The van der Waals surface area contributed by atoms with Crippen LogP contribution in [0.25, 0.3) is 0 Å². The number of carbonyl (C=O) groups excluding carboxylic acids is 1. The third kappa shape index (κ3) is 30.3. The minimum atomic E-state index is -0.860. The number of esters is 1. The summed E-state index contributed by atoms with van der Waals surface area (Å²) in [5.74, 6) is -0.287. The quantitative estimate of drug-likeness (QED) is 0.0466. The Kier molecular flexibility index (Phi) is 32.3. The minimum absolute atomic E-state index is 0.0412. The predicted molar refractivity (Wildman–Crippen MR) is 170 cm³/mol. The molecule has 240 valence electrons. The van der Waals surface area contributed by atoms with Crippen molar-refractivity contribution in [1.29, 1.82) is 0 Å². The van der Waals surface area contributed by atoms with Gasteiger partial charge in [0.25, 0.3) is 0 Å². The van der Waals surface area contributed by atoms with Crippen LogP contribution < -0.4 is 0 Å². The Morgan fingerprint density at radius 1 is 0.550 bits per heavy atom. The molecule has 0 aliphatic rings. The van der Waals surface area contributed by atoms with Crippen LogP contribution in [0.3, 0.4) is 0 Å². The molecule has 0 heterocycles. The summed E-state index contributed by atoms with van der Waals surface area (Å²) < 4.78 is 10.7. The minimum Gasteiger partial charge on any atom is -0.457 e. The zero-order chi connectivity index (χ0) is 29.4. The molecule has 5 heteroatoms. The van der Waals surface area contributed by atoms with E-state index in [1.54, 1.807) is 0 Å². The van der Waals surface area contributed by atoms with Crippen LogP contribution >= 0.6 is 0 Å². The van der Waals surface area contributed by atoms with Crippen LogP contribution in [0, 0.1) is 0 Å². The number of aliphatic hydroxyl groups excluding tert-OH is 2. The fraction of sp³-hybridized carbons (Fsp3) is 0.971. The lowest BCUT2D eigenvalue weighted by atomic mass is 10.0. The molecule has 0 aromatic rings. The Hall–Kier alpha value is -0.650. The van der Waals surface area contributed by atoms with Gasteiger partial charge in [-0.15, -0.1) is 0 Å². The first kappa shape index (κ1) is 39.4. The topological polar surface area (TPSA) is 76.0 Å². The number of hydrogen-bond donors (Lipinski definition) is 2. The molecule has 0 bridgehead atoms. The highest BCUT2D eigenvalue weighted by molar-refractivity contribution is 5.69. The van der Waals surface area contributed by atoms with Crippen LogP contribution in [-0.4, -0.2) is 41.8 Å². The van der Waals surface area contributed by atoms with Gasteiger partial charge >= 0.3 is 5.97 Å². The highest BCUT2D eigenvalue weighted by atomic mass is 16.6. The number of unbranched alkanes of at least 4 members (excludes halogenated alkanes) is 24. The predicted octanol–water partition coefficient (Wildman–Crippen LogP) is 10.2. The van der Waals surface area contributed by atoms with E-state index in [-0.39, 0.29) is 19.2 Å². The average molecular weight is 571 g/mol. The molecule has 2 unspecified atom stereocenters. The molecule has 0 amide bonds. The van der Waals surface area contributed by atoms with Crippen molar-refractivity contribution in [2.75, 3.05) is 13.2 Å². The highest BCUT2D eigenvalue weighted by Gasteiger charge is 2.16. The molecule has 0 aliphatic carbocycles. The molecule has 5 nitrogen and oxygen atoms in total. The standard InChI is InChI=1S/C35H70O5/c1-3-5-7-9-11-12-13-14-15-16-17-18-19-20-21-22-24-25-27-29-34(37)39-32-33(31-36)40-35(38)30-28-26-23-10-8-6-4-2/h33-34,36-37H,3-32H2,1-2H3. The van der Waals surface area contributed by atoms with Gasteiger partial charge in [-0.1, -0.05) is 168 Å². The van der Waals surface area contributed by atoms with Crippen molar-refractivity contribution in [3.05, 3.63) is 0 Å². The molecular weight excluding hydrogens is 500 g/mol. The maximum atomic E-state index is 12.0. The third-order valence-corrected chi connectivity index (χ3v) is 8.02. The molecule has 2 N–H and O–H groups in total. The van der Waals surface area contributed by atoms with Crippen molar-refractivity contribution >= 4 is 5.97 Å². The third-order valence-electron chi connectivity index (χ3n) is 8.02. The van der Waals surface area contributed by atoms with Gasteiger partial charge in [-0.25, -0.2) is 0 Å². The van der Waals surface area contributed by atoms with Gasteiger partial charge in [-0.05, 0) is 19.3 Å². The second-order valence-corrected chi connectivity index (χ2v) is 12.1. The Bertz CT molecular complexity index is 498. The largest absolute Gasteiger partial charge is 0.457 e. The van der Waals surface area contributed by atoms with E-state index in [1.165, 1.54) is 135 Å². The number of hydrogen-bond acceptors (Lipinski definition) is 5. The van der Waals surface area contributed by atoms with Crippen LogP contribution in [0.2, 0.25) is 0 Å². The van der Waals surface area contributed by atoms with E-state index in [4.69, 9.17) is 9.47 Å². The summed E-state index contributed by atoms with van der Waals surface area (Å²) in [6.45, 7) is 4.25. The van der Waals surface area contributed by atoms with E-state index >= 15 is 0 Å². The molecule has 0 aliphatic heterocycles. The fourth-order valence-corrected chi connectivity index (χ4v) is 5.29. The number of ether oxygens (including phenoxy) is 2. The molecule has 2 atom stereocenters. The molecule has 40 heavy (non-hydrogen) atoms. The van der Waals surface area contributed by atoms with Gasteiger partial charge in [0.2, 0.25) is 0 Å². The number of rotatable bonds is 33. The summed E-state index contributed by atoms with van der Waals surface area (Å²) in [5.41, 5.74) is 0. The van der Waals surface area contributed by atoms with Crippen molar-refractivity contribution in [3.63, 3.8) is 0 Å². The molecule has 0 fully saturated rings. The molecule has 0 saturated heterocycles. The molecule has 0 saturated carbocycles. The van der Waals surface area contributed by atoms with Gasteiger partial charge < -0.3 is 19.7 Å². The van der Waals surface area contributed by atoms with Crippen molar-refractivity contribution < 1.29 is 24.5 Å². The van der Waals surface area contributed by atoms with E-state index in [9.17, 15) is 15.0 Å². The second kappa shape index (κ2) is 32.9. The zero-order valence-corrected chi connectivity index (χ0v) is 27.0. The van der Waals surface area contributed by atoms with Crippen LogP contribution in [0.5, 0.6) is 0 Å². The van der Waals surface area contributed by atoms with Gasteiger partial charge in [0.1, 0.15) is 6.10 Å². The van der Waals surface area contributed by atoms with Crippen LogP contribution in [0.4, 0.5) is 0 Å². The number of carbonyl (C=O) groups is 1. The van der Waals surface area contributed by atoms with Crippen LogP contribution in [0.15, 0.2) is 0 Å². The van der Waals surface area contributed by atoms with Crippen LogP contribution in [0.1, 0.15) is 194 Å². The summed E-state index contributed by atoms with van der Waals surface area (Å²) in [5, 5.41) is 19.6. The molecule has 0 spiro atoms. The molecule has 0 aromatic carbocycles. The first-order valence-electron chi connectivity index (χ1n) is 17.7. The van der Waals surface area contributed by atoms with E-state index in [1.807, 2.05) is 0 Å². The second-order valence-electron chi connectivity index (χ2n) is 12.1. The van der Waals surface area contributed by atoms with E-state index in [0.29, 0.717) is 12.8 Å².